The number of methoxy groups -OCH3 is 1. The molecule has 0 aromatic heterocycles. The molecule has 0 amide bonds. The summed E-state index contributed by atoms with van der Waals surface area (Å²) in [5.74, 6) is -0.498. The zero-order chi connectivity index (χ0) is 14.5. The number of rotatable bonds is 6. The zero-order valence-corrected chi connectivity index (χ0v) is 12.2. The summed E-state index contributed by atoms with van der Waals surface area (Å²) in [5.41, 5.74) is 0.0239. The molecule has 6 heteroatoms. The summed E-state index contributed by atoms with van der Waals surface area (Å²) in [6.45, 7) is 3.36. The summed E-state index contributed by atoms with van der Waals surface area (Å²) in [5, 5.41) is 9.53. The Labute approximate surface area is 123 Å². The van der Waals surface area contributed by atoms with E-state index in [1.807, 2.05) is 0 Å². The largest absolute Gasteiger partial charge is 0.493 e. The third-order valence-corrected chi connectivity index (χ3v) is 3.54. The van der Waals surface area contributed by atoms with Crippen molar-refractivity contribution in [1.29, 1.82) is 0 Å². The van der Waals surface area contributed by atoms with Crippen LogP contribution in [0.15, 0.2) is 12.1 Å². The predicted molar refractivity (Wildman–Crippen MR) is 76.1 cm³/mol. The maximum Gasteiger partial charge on any atom is 0.339 e. The number of carboxylic acids is 1. The lowest BCUT2D eigenvalue weighted by Crippen LogP contribution is -2.25. The molecule has 0 saturated carbocycles. The second kappa shape index (κ2) is 6.81. The van der Waals surface area contributed by atoms with Crippen LogP contribution in [0.1, 0.15) is 23.2 Å². The van der Waals surface area contributed by atoms with Gasteiger partial charge in [0.2, 0.25) is 0 Å². The Kier molecular flexibility index (Phi) is 5.09. The first-order valence-corrected chi connectivity index (χ1v) is 6.95. The Hall–Kier alpha value is -1.46. The van der Waals surface area contributed by atoms with Crippen LogP contribution in [0.2, 0.25) is 5.02 Å². The van der Waals surface area contributed by atoms with Gasteiger partial charge < -0.3 is 14.6 Å². The van der Waals surface area contributed by atoms with Gasteiger partial charge in [-0.25, -0.2) is 4.79 Å². The van der Waals surface area contributed by atoms with Crippen LogP contribution in [0.5, 0.6) is 11.5 Å². The molecule has 0 spiro atoms. The van der Waals surface area contributed by atoms with Gasteiger partial charge in [0.15, 0.2) is 11.5 Å². The van der Waals surface area contributed by atoms with Crippen molar-refractivity contribution in [2.75, 3.05) is 33.4 Å². The van der Waals surface area contributed by atoms with Crippen LogP contribution >= 0.6 is 11.6 Å². The SMILES string of the molecule is COc1cc(Cl)cc(C(=O)O)c1OCCN1CCCC1. The highest BCUT2D eigenvalue weighted by Crippen LogP contribution is 2.34. The maximum absolute atomic E-state index is 11.3. The molecule has 1 saturated heterocycles. The highest BCUT2D eigenvalue weighted by atomic mass is 35.5. The van der Waals surface area contributed by atoms with Gasteiger partial charge in [0.05, 0.1) is 7.11 Å². The molecule has 1 aromatic carbocycles. The van der Waals surface area contributed by atoms with Gasteiger partial charge in [-0.3, -0.25) is 4.90 Å². The summed E-state index contributed by atoms with van der Waals surface area (Å²) < 4.78 is 10.8. The number of aromatic carboxylic acids is 1. The van der Waals surface area contributed by atoms with Crippen molar-refractivity contribution < 1.29 is 19.4 Å². The van der Waals surface area contributed by atoms with Gasteiger partial charge in [0, 0.05) is 17.6 Å². The molecule has 0 atom stereocenters. The Balaban J connectivity index is 2.09. The molecule has 20 heavy (non-hydrogen) atoms. The molecule has 2 rings (SSSR count). The molecule has 1 N–H and O–H groups in total. The van der Waals surface area contributed by atoms with E-state index in [9.17, 15) is 9.90 Å². The standard InChI is InChI=1S/C14H18ClNO4/c1-19-12-9-10(15)8-11(14(17)18)13(12)20-7-6-16-4-2-3-5-16/h8-9H,2-7H2,1H3,(H,17,18). The number of benzene rings is 1. The van der Waals surface area contributed by atoms with Crippen molar-refractivity contribution in [3.05, 3.63) is 22.7 Å². The molecule has 5 nitrogen and oxygen atoms in total. The fourth-order valence-electron chi connectivity index (χ4n) is 2.31. The minimum Gasteiger partial charge on any atom is -0.493 e. The van der Waals surface area contributed by atoms with Gasteiger partial charge >= 0.3 is 5.97 Å². The fourth-order valence-corrected chi connectivity index (χ4v) is 2.52. The zero-order valence-electron chi connectivity index (χ0n) is 11.4. The van der Waals surface area contributed by atoms with Crippen LogP contribution in [0.25, 0.3) is 0 Å². The lowest BCUT2D eigenvalue weighted by atomic mass is 10.2. The van der Waals surface area contributed by atoms with E-state index in [4.69, 9.17) is 21.1 Å². The van der Waals surface area contributed by atoms with Crippen molar-refractivity contribution in [3.63, 3.8) is 0 Å². The average Bonchev–Trinajstić information content (AvgIpc) is 2.92. The number of hydrogen-bond donors (Lipinski definition) is 1. The van der Waals surface area contributed by atoms with Crippen LogP contribution in [0.4, 0.5) is 0 Å². The normalized spacial score (nSPS) is 15.3. The van der Waals surface area contributed by atoms with Gasteiger partial charge in [-0.05, 0) is 32.0 Å². The molecule has 1 aliphatic rings. The van der Waals surface area contributed by atoms with Crippen LogP contribution in [0, 0.1) is 0 Å². The van der Waals surface area contributed by atoms with Crippen LogP contribution in [0.3, 0.4) is 0 Å². The van der Waals surface area contributed by atoms with E-state index in [1.54, 1.807) is 6.07 Å². The summed E-state index contributed by atoms with van der Waals surface area (Å²) >= 11 is 5.88. The number of likely N-dealkylation sites (tertiary alicyclic amines) is 1. The van der Waals surface area contributed by atoms with E-state index in [-0.39, 0.29) is 11.3 Å². The molecule has 1 fully saturated rings. The van der Waals surface area contributed by atoms with Crippen molar-refractivity contribution in [1.82, 2.24) is 4.90 Å². The van der Waals surface area contributed by atoms with Gasteiger partial charge in [0.1, 0.15) is 12.2 Å². The van der Waals surface area contributed by atoms with Crippen LogP contribution in [-0.2, 0) is 0 Å². The van der Waals surface area contributed by atoms with Gasteiger partial charge in [-0.1, -0.05) is 11.6 Å². The Bertz CT molecular complexity index is 486. The summed E-state index contributed by atoms with van der Waals surface area (Å²) in [6.07, 6.45) is 2.43. The molecular formula is C14H18ClNO4. The van der Waals surface area contributed by atoms with E-state index >= 15 is 0 Å². The topological polar surface area (TPSA) is 59.0 Å². The summed E-state index contributed by atoms with van der Waals surface area (Å²) in [6, 6.07) is 2.93. The number of nitrogens with zero attached hydrogens (tertiary/aromatic N) is 1. The molecule has 0 radical (unpaired) electrons. The number of carboxylic acid groups (broad SMARTS) is 1. The van der Waals surface area contributed by atoms with E-state index in [0.29, 0.717) is 17.4 Å². The first kappa shape index (κ1) is 14.9. The molecule has 0 bridgehead atoms. The van der Waals surface area contributed by atoms with Crippen LogP contribution in [-0.4, -0.2) is 49.3 Å². The second-order valence-corrected chi connectivity index (χ2v) is 5.12. The molecular weight excluding hydrogens is 282 g/mol. The second-order valence-electron chi connectivity index (χ2n) is 4.69. The molecule has 1 aromatic rings. The Morgan fingerprint density at radius 1 is 1.40 bits per heavy atom. The Morgan fingerprint density at radius 3 is 2.70 bits per heavy atom. The van der Waals surface area contributed by atoms with Gasteiger partial charge in [0.25, 0.3) is 0 Å². The van der Waals surface area contributed by atoms with Gasteiger partial charge in [-0.2, -0.15) is 0 Å². The lowest BCUT2D eigenvalue weighted by Gasteiger charge is -2.17. The lowest BCUT2D eigenvalue weighted by molar-refractivity contribution is 0.0691. The first-order chi connectivity index (χ1) is 9.61. The monoisotopic (exact) mass is 299 g/mol. The number of carbonyl (C=O) groups is 1. The van der Waals surface area contributed by atoms with E-state index in [0.717, 1.165) is 19.6 Å². The number of halogens is 1. The molecule has 1 heterocycles. The number of ether oxygens (including phenoxy) is 2. The molecule has 0 unspecified atom stereocenters. The predicted octanol–water partition coefficient (Wildman–Crippen LogP) is 2.52. The van der Waals surface area contributed by atoms with Crippen molar-refractivity contribution in [2.24, 2.45) is 0 Å². The first-order valence-electron chi connectivity index (χ1n) is 6.58. The quantitative estimate of drug-likeness (QED) is 0.874. The highest BCUT2D eigenvalue weighted by Gasteiger charge is 2.19. The summed E-state index contributed by atoms with van der Waals surface area (Å²) in [4.78, 5) is 13.6. The van der Waals surface area contributed by atoms with E-state index in [2.05, 4.69) is 4.90 Å². The van der Waals surface area contributed by atoms with Gasteiger partial charge in [-0.15, -0.1) is 0 Å². The smallest absolute Gasteiger partial charge is 0.339 e. The highest BCUT2D eigenvalue weighted by molar-refractivity contribution is 6.31. The minimum atomic E-state index is -1.08. The third-order valence-electron chi connectivity index (χ3n) is 3.32. The summed E-state index contributed by atoms with van der Waals surface area (Å²) in [7, 11) is 1.46. The van der Waals surface area contributed by atoms with Crippen molar-refractivity contribution >= 4 is 17.6 Å². The third kappa shape index (κ3) is 3.55. The molecule has 110 valence electrons. The van der Waals surface area contributed by atoms with Crippen molar-refractivity contribution in [2.45, 2.75) is 12.8 Å². The minimum absolute atomic E-state index is 0.0239. The number of hydrogen-bond acceptors (Lipinski definition) is 4. The van der Waals surface area contributed by atoms with E-state index < -0.39 is 5.97 Å². The van der Waals surface area contributed by atoms with Crippen molar-refractivity contribution in [3.8, 4) is 11.5 Å². The van der Waals surface area contributed by atoms with E-state index in [1.165, 1.54) is 26.0 Å². The fraction of sp³-hybridized carbons (Fsp3) is 0.500. The van der Waals surface area contributed by atoms with Crippen LogP contribution < -0.4 is 9.47 Å². The molecule has 0 aliphatic carbocycles. The molecule has 1 aliphatic heterocycles. The average molecular weight is 300 g/mol. The Morgan fingerprint density at radius 2 is 2.10 bits per heavy atom. The maximum atomic E-state index is 11.3.